The van der Waals surface area contributed by atoms with Crippen LogP contribution in [0.25, 0.3) is 0 Å². The third-order valence-corrected chi connectivity index (χ3v) is 4.21. The number of aryl methyl sites for hydroxylation is 1. The number of aliphatic carboxylic acids is 1. The Balaban J connectivity index is 1.95. The van der Waals surface area contributed by atoms with E-state index in [1.54, 1.807) is 0 Å². The molecule has 1 aliphatic rings. The summed E-state index contributed by atoms with van der Waals surface area (Å²) in [5.41, 5.74) is 2.14. The van der Waals surface area contributed by atoms with Crippen molar-refractivity contribution in [3.8, 4) is 0 Å². The van der Waals surface area contributed by atoms with Crippen molar-refractivity contribution in [1.29, 1.82) is 0 Å². The largest absolute Gasteiger partial charge is 0.481 e. The van der Waals surface area contributed by atoms with E-state index in [0.717, 1.165) is 19.4 Å². The predicted octanol–water partition coefficient (Wildman–Crippen LogP) is 2.73. The Morgan fingerprint density at radius 1 is 1.37 bits per heavy atom. The average Bonchev–Trinajstić information content (AvgIpc) is 3.10. The average molecular weight is 261 g/mol. The zero-order chi connectivity index (χ0) is 14.1. The van der Waals surface area contributed by atoms with Gasteiger partial charge in [-0.3, -0.25) is 4.79 Å². The summed E-state index contributed by atoms with van der Waals surface area (Å²) in [4.78, 5) is 11.1. The Labute approximate surface area is 115 Å². The molecule has 0 unspecified atom stereocenters. The van der Waals surface area contributed by atoms with Gasteiger partial charge in [-0.1, -0.05) is 38.1 Å². The van der Waals surface area contributed by atoms with Crippen molar-refractivity contribution in [3.05, 3.63) is 35.4 Å². The van der Waals surface area contributed by atoms with Gasteiger partial charge in [0, 0.05) is 18.5 Å². The van der Waals surface area contributed by atoms with E-state index in [-0.39, 0.29) is 5.41 Å². The van der Waals surface area contributed by atoms with E-state index in [4.69, 9.17) is 5.11 Å². The van der Waals surface area contributed by atoms with Crippen LogP contribution in [0, 0.1) is 12.3 Å². The highest BCUT2D eigenvalue weighted by Gasteiger charge is 2.49. The topological polar surface area (TPSA) is 49.3 Å². The molecule has 1 aromatic rings. The van der Waals surface area contributed by atoms with Gasteiger partial charge in [0.2, 0.25) is 0 Å². The van der Waals surface area contributed by atoms with Crippen molar-refractivity contribution in [2.75, 3.05) is 13.1 Å². The third kappa shape index (κ3) is 2.98. The molecule has 1 aromatic carbocycles. The molecular formula is C16H23NO2. The Morgan fingerprint density at radius 2 is 2.00 bits per heavy atom. The molecule has 1 aliphatic carbocycles. The van der Waals surface area contributed by atoms with Crippen LogP contribution in [0.5, 0.6) is 0 Å². The third-order valence-electron chi connectivity index (χ3n) is 4.21. The van der Waals surface area contributed by atoms with E-state index in [2.05, 4.69) is 44.3 Å². The molecule has 0 atom stereocenters. The number of hydrogen-bond acceptors (Lipinski definition) is 2. The Hall–Kier alpha value is -1.35. The van der Waals surface area contributed by atoms with Gasteiger partial charge in [0.1, 0.15) is 0 Å². The number of carboxylic acids is 1. The normalized spacial score (nSPS) is 17.2. The van der Waals surface area contributed by atoms with Crippen molar-refractivity contribution in [3.63, 3.8) is 0 Å². The monoisotopic (exact) mass is 261 g/mol. The molecule has 0 radical (unpaired) electrons. The number of hydrogen-bond donors (Lipinski definition) is 2. The van der Waals surface area contributed by atoms with Gasteiger partial charge < -0.3 is 10.4 Å². The summed E-state index contributed by atoms with van der Waals surface area (Å²) in [6.07, 6.45) is 1.61. The van der Waals surface area contributed by atoms with Crippen LogP contribution in [0.1, 0.15) is 37.8 Å². The van der Waals surface area contributed by atoms with E-state index in [1.165, 1.54) is 11.1 Å². The predicted molar refractivity (Wildman–Crippen MR) is 76.4 cm³/mol. The summed E-state index contributed by atoms with van der Waals surface area (Å²) < 4.78 is 0. The van der Waals surface area contributed by atoms with Crippen LogP contribution in [0.2, 0.25) is 0 Å². The van der Waals surface area contributed by atoms with Crippen molar-refractivity contribution in [2.45, 2.75) is 39.0 Å². The first kappa shape index (κ1) is 14.1. The highest BCUT2D eigenvalue weighted by molar-refractivity contribution is 5.78. The van der Waals surface area contributed by atoms with Crippen LogP contribution in [-0.2, 0) is 10.2 Å². The summed E-state index contributed by atoms with van der Waals surface area (Å²) in [5.74, 6) is -0.659. The van der Waals surface area contributed by atoms with Gasteiger partial charge in [-0.2, -0.15) is 0 Å². The molecule has 3 heteroatoms. The van der Waals surface area contributed by atoms with Crippen molar-refractivity contribution in [1.82, 2.24) is 5.32 Å². The summed E-state index contributed by atoms with van der Waals surface area (Å²) in [5, 5.41) is 12.5. The van der Waals surface area contributed by atoms with Crippen molar-refractivity contribution in [2.24, 2.45) is 5.41 Å². The molecule has 0 bridgehead atoms. The molecule has 0 spiro atoms. The van der Waals surface area contributed by atoms with Crippen LogP contribution in [0.4, 0.5) is 0 Å². The number of benzene rings is 1. The molecular weight excluding hydrogens is 238 g/mol. The minimum absolute atomic E-state index is 0.0138. The zero-order valence-corrected chi connectivity index (χ0v) is 12.0. The maximum absolute atomic E-state index is 11.1. The van der Waals surface area contributed by atoms with Crippen LogP contribution in [-0.4, -0.2) is 24.2 Å². The van der Waals surface area contributed by atoms with Crippen LogP contribution >= 0.6 is 0 Å². The van der Waals surface area contributed by atoms with Gasteiger partial charge in [-0.15, -0.1) is 0 Å². The highest BCUT2D eigenvalue weighted by Crippen LogP contribution is 2.45. The quantitative estimate of drug-likeness (QED) is 0.828. The van der Waals surface area contributed by atoms with E-state index < -0.39 is 11.4 Å². The summed E-state index contributed by atoms with van der Waals surface area (Å²) in [6, 6.07) is 8.38. The standard InChI is InChI=1S/C16H23NO2/c1-12-6-4-5-7-13(12)15(2,3)10-17-11-16(8-9-16)14(18)19/h4-7,17H,8-11H2,1-3H3,(H,18,19). The second-order valence-electron chi connectivity index (χ2n) is 6.39. The van der Waals surface area contributed by atoms with E-state index in [9.17, 15) is 4.79 Å². The fourth-order valence-corrected chi connectivity index (χ4v) is 2.66. The SMILES string of the molecule is Cc1ccccc1C(C)(C)CNCC1(C(=O)O)CC1. The van der Waals surface area contributed by atoms with Gasteiger partial charge in [-0.25, -0.2) is 0 Å². The number of rotatable bonds is 6. The summed E-state index contributed by atoms with van der Waals surface area (Å²) in [7, 11) is 0. The minimum Gasteiger partial charge on any atom is -0.481 e. The Morgan fingerprint density at radius 3 is 2.53 bits per heavy atom. The molecule has 0 aliphatic heterocycles. The smallest absolute Gasteiger partial charge is 0.310 e. The van der Waals surface area contributed by atoms with Gasteiger partial charge in [0.15, 0.2) is 0 Å². The second-order valence-corrected chi connectivity index (χ2v) is 6.39. The first-order chi connectivity index (χ1) is 8.87. The fourth-order valence-electron chi connectivity index (χ4n) is 2.66. The van der Waals surface area contributed by atoms with Crippen LogP contribution in [0.3, 0.4) is 0 Å². The molecule has 1 fully saturated rings. The van der Waals surface area contributed by atoms with E-state index >= 15 is 0 Å². The molecule has 0 saturated heterocycles. The Bertz CT molecular complexity index is 475. The number of carbonyl (C=O) groups is 1. The molecule has 3 nitrogen and oxygen atoms in total. The fraction of sp³-hybridized carbons (Fsp3) is 0.562. The zero-order valence-electron chi connectivity index (χ0n) is 12.0. The van der Waals surface area contributed by atoms with Crippen molar-refractivity contribution >= 4 is 5.97 Å². The maximum atomic E-state index is 11.1. The lowest BCUT2D eigenvalue weighted by atomic mass is 9.82. The van der Waals surface area contributed by atoms with Gasteiger partial charge in [-0.05, 0) is 30.9 Å². The maximum Gasteiger partial charge on any atom is 0.310 e. The van der Waals surface area contributed by atoms with Crippen molar-refractivity contribution < 1.29 is 9.90 Å². The lowest BCUT2D eigenvalue weighted by Crippen LogP contribution is -2.38. The van der Waals surface area contributed by atoms with Gasteiger partial charge in [0.25, 0.3) is 0 Å². The molecule has 0 amide bonds. The van der Waals surface area contributed by atoms with Gasteiger partial charge >= 0.3 is 5.97 Å². The van der Waals surface area contributed by atoms with E-state index in [0.29, 0.717) is 6.54 Å². The first-order valence-corrected chi connectivity index (χ1v) is 6.88. The van der Waals surface area contributed by atoms with Crippen LogP contribution < -0.4 is 5.32 Å². The van der Waals surface area contributed by atoms with Crippen LogP contribution in [0.15, 0.2) is 24.3 Å². The molecule has 0 aromatic heterocycles. The molecule has 0 heterocycles. The molecule has 19 heavy (non-hydrogen) atoms. The lowest BCUT2D eigenvalue weighted by Gasteiger charge is -2.28. The molecule has 1 saturated carbocycles. The lowest BCUT2D eigenvalue weighted by molar-refractivity contribution is -0.143. The second kappa shape index (κ2) is 4.97. The minimum atomic E-state index is -0.659. The van der Waals surface area contributed by atoms with Gasteiger partial charge in [0.05, 0.1) is 5.41 Å². The highest BCUT2D eigenvalue weighted by atomic mass is 16.4. The molecule has 104 valence electrons. The Kier molecular flexibility index (Phi) is 3.68. The molecule has 2 N–H and O–H groups in total. The number of carboxylic acid groups (broad SMARTS) is 1. The summed E-state index contributed by atoms with van der Waals surface area (Å²) in [6.45, 7) is 7.90. The molecule has 2 rings (SSSR count). The first-order valence-electron chi connectivity index (χ1n) is 6.88. The number of nitrogens with one attached hydrogen (secondary N) is 1. The summed E-state index contributed by atoms with van der Waals surface area (Å²) >= 11 is 0. The van der Waals surface area contributed by atoms with E-state index in [1.807, 2.05) is 6.07 Å².